The molecule has 0 N–H and O–H groups in total. The first-order valence-electron chi connectivity index (χ1n) is 4.74. The first kappa shape index (κ1) is 12.2. The van der Waals surface area contributed by atoms with Crippen LogP contribution in [0, 0.1) is 0 Å². The van der Waals surface area contributed by atoms with Gasteiger partial charge in [0.05, 0.1) is 7.11 Å². The Labute approximate surface area is 94.6 Å². The minimum absolute atomic E-state index is 0.0320. The van der Waals surface area contributed by atoms with Crippen LogP contribution in [0.25, 0.3) is 0 Å². The van der Waals surface area contributed by atoms with Gasteiger partial charge in [-0.15, -0.1) is 11.6 Å². The largest absolute Gasteiger partial charge is 0.481 e. The molecule has 0 radical (unpaired) electrons. The fourth-order valence-electron chi connectivity index (χ4n) is 1.17. The molecule has 0 fully saturated rings. The summed E-state index contributed by atoms with van der Waals surface area (Å²) in [4.78, 5) is 8.05. The summed E-state index contributed by atoms with van der Waals surface area (Å²) >= 11 is 6.11. The lowest BCUT2D eigenvalue weighted by Crippen LogP contribution is -2.08. The van der Waals surface area contributed by atoms with Gasteiger partial charge in [0.25, 0.3) is 0 Å². The molecule has 0 spiro atoms. The van der Waals surface area contributed by atoms with Crippen molar-refractivity contribution in [2.45, 2.75) is 18.2 Å². The molecule has 0 saturated heterocycles. The Bertz CT molecular complexity index is 297. The van der Waals surface area contributed by atoms with Gasteiger partial charge in [0.1, 0.15) is 6.33 Å². The number of methoxy groups -OCH3 is 2. The Morgan fingerprint density at radius 1 is 1.40 bits per heavy atom. The summed E-state index contributed by atoms with van der Waals surface area (Å²) in [7, 11) is 3.24. The summed E-state index contributed by atoms with van der Waals surface area (Å²) in [6.07, 6.45) is 2.99. The predicted molar refractivity (Wildman–Crippen MR) is 58.4 cm³/mol. The molecule has 0 aromatic carbocycles. The molecule has 1 aromatic heterocycles. The van der Waals surface area contributed by atoms with E-state index in [9.17, 15) is 0 Å². The molecule has 5 heteroatoms. The Hall–Kier alpha value is -0.870. The Morgan fingerprint density at radius 3 is 2.87 bits per heavy atom. The maximum absolute atomic E-state index is 6.11. The van der Waals surface area contributed by atoms with Crippen LogP contribution in [0.3, 0.4) is 0 Å². The van der Waals surface area contributed by atoms with E-state index in [-0.39, 0.29) is 5.38 Å². The van der Waals surface area contributed by atoms with Crippen molar-refractivity contribution in [3.63, 3.8) is 0 Å². The van der Waals surface area contributed by atoms with Crippen LogP contribution in [0.5, 0.6) is 5.88 Å². The van der Waals surface area contributed by atoms with E-state index >= 15 is 0 Å². The first-order valence-corrected chi connectivity index (χ1v) is 5.17. The molecule has 0 saturated carbocycles. The minimum Gasteiger partial charge on any atom is -0.481 e. The van der Waals surface area contributed by atoms with Crippen LogP contribution in [0.4, 0.5) is 0 Å². The van der Waals surface area contributed by atoms with E-state index in [2.05, 4.69) is 9.97 Å². The van der Waals surface area contributed by atoms with Gasteiger partial charge >= 0.3 is 0 Å². The van der Waals surface area contributed by atoms with Gasteiger partial charge < -0.3 is 9.47 Å². The summed E-state index contributed by atoms with van der Waals surface area (Å²) in [5, 5.41) is 0.0320. The van der Waals surface area contributed by atoms with Crippen LogP contribution in [-0.4, -0.2) is 36.2 Å². The smallest absolute Gasteiger partial charge is 0.216 e. The van der Waals surface area contributed by atoms with Crippen LogP contribution < -0.4 is 4.74 Å². The van der Waals surface area contributed by atoms with Crippen molar-refractivity contribution in [3.05, 3.63) is 18.1 Å². The lowest BCUT2D eigenvalue weighted by Gasteiger charge is -2.08. The second-order valence-electron chi connectivity index (χ2n) is 3.13. The molecule has 0 aliphatic heterocycles. The molecule has 1 heterocycles. The Kier molecular flexibility index (Phi) is 5.36. The van der Waals surface area contributed by atoms with Crippen molar-refractivity contribution in [3.8, 4) is 5.88 Å². The van der Waals surface area contributed by atoms with Crippen molar-refractivity contribution in [2.24, 2.45) is 0 Å². The summed E-state index contributed by atoms with van der Waals surface area (Å²) in [6.45, 7) is 0.663. The molecule has 0 bridgehead atoms. The van der Waals surface area contributed by atoms with E-state index in [4.69, 9.17) is 21.1 Å². The zero-order valence-corrected chi connectivity index (χ0v) is 9.70. The van der Waals surface area contributed by atoms with E-state index in [0.29, 0.717) is 18.9 Å². The lowest BCUT2D eigenvalue weighted by molar-refractivity contribution is 0.193. The van der Waals surface area contributed by atoms with Crippen molar-refractivity contribution in [2.75, 3.05) is 20.8 Å². The van der Waals surface area contributed by atoms with Crippen LogP contribution in [0.1, 0.15) is 12.1 Å². The average molecular weight is 231 g/mol. The molecule has 84 valence electrons. The highest BCUT2D eigenvalue weighted by Crippen LogP contribution is 2.12. The van der Waals surface area contributed by atoms with E-state index in [1.807, 2.05) is 0 Å². The molecule has 1 atom stereocenters. The molecule has 1 rings (SSSR count). The lowest BCUT2D eigenvalue weighted by atomic mass is 10.2. The normalized spacial score (nSPS) is 12.5. The topological polar surface area (TPSA) is 44.2 Å². The highest BCUT2D eigenvalue weighted by Gasteiger charge is 2.07. The number of hydrogen-bond donors (Lipinski definition) is 0. The molecule has 0 aliphatic rings. The predicted octanol–water partition coefficient (Wildman–Crippen LogP) is 1.67. The van der Waals surface area contributed by atoms with Gasteiger partial charge in [-0.3, -0.25) is 0 Å². The van der Waals surface area contributed by atoms with Crippen LogP contribution in [0.2, 0.25) is 0 Å². The molecular weight excluding hydrogens is 216 g/mol. The molecule has 1 unspecified atom stereocenters. The summed E-state index contributed by atoms with van der Waals surface area (Å²) in [6, 6.07) is 1.79. The van der Waals surface area contributed by atoms with Gasteiger partial charge in [-0.25, -0.2) is 9.97 Å². The third-order valence-corrected chi connectivity index (χ3v) is 2.35. The van der Waals surface area contributed by atoms with Gasteiger partial charge in [0, 0.05) is 37.3 Å². The molecule has 0 amide bonds. The zero-order chi connectivity index (χ0) is 11.1. The van der Waals surface area contributed by atoms with Gasteiger partial charge in [-0.1, -0.05) is 0 Å². The average Bonchev–Trinajstić information content (AvgIpc) is 2.26. The van der Waals surface area contributed by atoms with E-state index in [1.54, 1.807) is 20.3 Å². The number of hydrogen-bond acceptors (Lipinski definition) is 4. The number of nitrogens with zero attached hydrogens (tertiary/aromatic N) is 2. The standard InChI is InChI=1S/C10H15ClN2O2/c1-14-4-3-8(11)5-9-6-10(15-2)13-7-12-9/h6-8H,3-5H2,1-2H3. The molecule has 4 nitrogen and oxygen atoms in total. The fourth-order valence-corrected chi connectivity index (χ4v) is 1.42. The second-order valence-corrected chi connectivity index (χ2v) is 3.75. The van der Waals surface area contributed by atoms with Crippen LogP contribution in [0.15, 0.2) is 12.4 Å². The monoisotopic (exact) mass is 230 g/mol. The van der Waals surface area contributed by atoms with Crippen LogP contribution >= 0.6 is 11.6 Å². The van der Waals surface area contributed by atoms with Crippen molar-refractivity contribution >= 4 is 11.6 Å². The summed E-state index contributed by atoms with van der Waals surface area (Å²) in [5.74, 6) is 0.565. The van der Waals surface area contributed by atoms with Gasteiger partial charge in [0.2, 0.25) is 5.88 Å². The molecular formula is C10H15ClN2O2. The Morgan fingerprint density at radius 2 is 2.20 bits per heavy atom. The minimum atomic E-state index is 0.0320. The van der Waals surface area contributed by atoms with Gasteiger partial charge in [-0.2, -0.15) is 0 Å². The third-order valence-electron chi connectivity index (χ3n) is 1.97. The maximum Gasteiger partial charge on any atom is 0.216 e. The number of aromatic nitrogens is 2. The number of alkyl halides is 1. The maximum atomic E-state index is 6.11. The Balaban J connectivity index is 2.48. The SMILES string of the molecule is COCCC(Cl)Cc1cc(OC)ncn1. The number of halogens is 1. The van der Waals surface area contributed by atoms with Crippen molar-refractivity contribution in [1.29, 1.82) is 0 Å². The molecule has 0 aliphatic carbocycles. The fraction of sp³-hybridized carbons (Fsp3) is 0.600. The third kappa shape index (κ3) is 4.44. The first-order chi connectivity index (χ1) is 7.26. The van der Waals surface area contributed by atoms with Crippen LogP contribution in [-0.2, 0) is 11.2 Å². The second kappa shape index (κ2) is 6.58. The number of ether oxygens (including phenoxy) is 2. The summed E-state index contributed by atoms with van der Waals surface area (Å²) < 4.78 is 9.95. The number of rotatable bonds is 6. The quantitative estimate of drug-likeness (QED) is 0.698. The van der Waals surface area contributed by atoms with Crippen molar-refractivity contribution < 1.29 is 9.47 Å². The zero-order valence-electron chi connectivity index (χ0n) is 8.94. The summed E-state index contributed by atoms with van der Waals surface area (Å²) in [5.41, 5.74) is 0.887. The van der Waals surface area contributed by atoms with E-state index < -0.39 is 0 Å². The van der Waals surface area contributed by atoms with Crippen molar-refractivity contribution in [1.82, 2.24) is 9.97 Å². The molecule has 15 heavy (non-hydrogen) atoms. The van der Waals surface area contributed by atoms with E-state index in [1.165, 1.54) is 6.33 Å². The molecule has 1 aromatic rings. The van der Waals surface area contributed by atoms with E-state index in [0.717, 1.165) is 12.1 Å². The highest BCUT2D eigenvalue weighted by molar-refractivity contribution is 6.20. The highest BCUT2D eigenvalue weighted by atomic mass is 35.5. The van der Waals surface area contributed by atoms with Gasteiger partial charge in [0.15, 0.2) is 0 Å². The van der Waals surface area contributed by atoms with Gasteiger partial charge in [-0.05, 0) is 6.42 Å².